The third-order valence-electron chi connectivity index (χ3n) is 4.10. The average Bonchev–Trinajstić information content (AvgIpc) is 3.21. The molecule has 0 radical (unpaired) electrons. The molecule has 1 unspecified atom stereocenters. The minimum Gasteiger partial charge on any atom is -0.382 e. The van der Waals surface area contributed by atoms with E-state index in [4.69, 9.17) is 4.74 Å². The molecular formula is C15H31N3O3S. The fourth-order valence-electron chi connectivity index (χ4n) is 2.29. The summed E-state index contributed by atoms with van der Waals surface area (Å²) in [7, 11) is -1.18. The molecule has 0 bridgehead atoms. The number of rotatable bonds is 10. The number of hydrogen-bond acceptors (Lipinski definition) is 4. The molecule has 1 aliphatic rings. The normalized spacial score (nSPS) is 18.8. The molecule has 0 aromatic rings. The highest BCUT2D eigenvalue weighted by Crippen LogP contribution is 2.48. The van der Waals surface area contributed by atoms with Crippen LogP contribution in [0, 0.1) is 5.41 Å². The van der Waals surface area contributed by atoms with Crippen LogP contribution in [0.3, 0.4) is 0 Å². The molecule has 22 heavy (non-hydrogen) atoms. The lowest BCUT2D eigenvalue weighted by Gasteiger charge is -2.21. The van der Waals surface area contributed by atoms with Crippen molar-refractivity contribution < 1.29 is 13.2 Å². The summed E-state index contributed by atoms with van der Waals surface area (Å²) in [5, 5.41) is 6.61. The first-order valence-electron chi connectivity index (χ1n) is 8.03. The van der Waals surface area contributed by atoms with Gasteiger partial charge in [0.25, 0.3) is 0 Å². The first-order chi connectivity index (χ1) is 10.3. The van der Waals surface area contributed by atoms with Crippen LogP contribution >= 0.6 is 0 Å². The van der Waals surface area contributed by atoms with E-state index in [2.05, 4.69) is 15.6 Å². The number of ether oxygens (including phenoxy) is 1. The number of nitrogens with zero attached hydrogens (tertiary/aromatic N) is 1. The first-order valence-corrected chi connectivity index (χ1v) is 10.1. The van der Waals surface area contributed by atoms with Crippen molar-refractivity contribution in [1.29, 1.82) is 0 Å². The van der Waals surface area contributed by atoms with Crippen LogP contribution in [0.1, 0.15) is 39.5 Å². The zero-order valence-corrected chi connectivity index (χ0v) is 15.1. The van der Waals surface area contributed by atoms with Crippen LogP contribution < -0.4 is 10.6 Å². The largest absolute Gasteiger partial charge is 0.382 e. The Kier molecular flexibility index (Phi) is 7.62. The molecule has 0 heterocycles. The average molecular weight is 333 g/mol. The molecule has 1 fully saturated rings. The summed E-state index contributed by atoms with van der Waals surface area (Å²) in [6.07, 6.45) is 5.38. The molecule has 0 amide bonds. The van der Waals surface area contributed by atoms with Gasteiger partial charge >= 0.3 is 0 Å². The monoisotopic (exact) mass is 333 g/mol. The molecule has 130 valence electrons. The van der Waals surface area contributed by atoms with Crippen molar-refractivity contribution in [2.75, 3.05) is 38.8 Å². The lowest BCUT2D eigenvalue weighted by Crippen LogP contribution is -2.44. The Bertz CT molecular complexity index is 459. The summed E-state index contributed by atoms with van der Waals surface area (Å²) < 4.78 is 27.8. The number of aliphatic imine (C=N–C) groups is 1. The fourth-order valence-corrected chi connectivity index (χ4v) is 3.07. The first kappa shape index (κ1) is 19.2. The Labute approximate surface area is 135 Å². The summed E-state index contributed by atoms with van der Waals surface area (Å²) in [5.74, 6) is 0.930. The van der Waals surface area contributed by atoms with Crippen LogP contribution in [0.4, 0.5) is 0 Å². The van der Waals surface area contributed by atoms with Crippen molar-refractivity contribution in [3.63, 3.8) is 0 Å². The van der Waals surface area contributed by atoms with Crippen LogP contribution in [0.25, 0.3) is 0 Å². The SMILES string of the molecule is CCOCCC1(CNC(=NC)NC(C)CCS(C)(=O)=O)CC1. The number of sulfone groups is 1. The Hall–Kier alpha value is -0.820. The highest BCUT2D eigenvalue weighted by molar-refractivity contribution is 7.90. The minimum atomic E-state index is -2.91. The molecule has 0 aliphatic heterocycles. The topological polar surface area (TPSA) is 79.8 Å². The van der Waals surface area contributed by atoms with Gasteiger partial charge in [0.05, 0.1) is 5.75 Å². The lowest BCUT2D eigenvalue weighted by atomic mass is 10.0. The highest BCUT2D eigenvalue weighted by atomic mass is 32.2. The molecule has 6 nitrogen and oxygen atoms in total. The maximum absolute atomic E-state index is 11.2. The van der Waals surface area contributed by atoms with Gasteiger partial charge in [-0.15, -0.1) is 0 Å². The standard InChI is InChI=1S/C15H31N3O3S/c1-5-21-10-9-15(7-8-15)12-17-14(16-3)18-13(2)6-11-22(4,19)20/h13H,5-12H2,1-4H3,(H2,16,17,18). The molecule has 0 spiro atoms. The van der Waals surface area contributed by atoms with E-state index in [1.165, 1.54) is 19.1 Å². The van der Waals surface area contributed by atoms with Gasteiger partial charge < -0.3 is 15.4 Å². The van der Waals surface area contributed by atoms with Gasteiger partial charge in [-0.1, -0.05) is 0 Å². The van der Waals surface area contributed by atoms with E-state index in [0.29, 0.717) is 11.8 Å². The van der Waals surface area contributed by atoms with Gasteiger partial charge in [-0.05, 0) is 44.9 Å². The highest BCUT2D eigenvalue weighted by Gasteiger charge is 2.41. The van der Waals surface area contributed by atoms with Gasteiger partial charge in [0.2, 0.25) is 0 Å². The molecule has 2 N–H and O–H groups in total. The van der Waals surface area contributed by atoms with Crippen molar-refractivity contribution in [3.8, 4) is 0 Å². The second-order valence-corrected chi connectivity index (χ2v) is 8.60. The predicted molar refractivity (Wildman–Crippen MR) is 91.1 cm³/mol. The van der Waals surface area contributed by atoms with E-state index in [-0.39, 0.29) is 11.8 Å². The van der Waals surface area contributed by atoms with Crippen molar-refractivity contribution in [2.45, 2.75) is 45.6 Å². The second kappa shape index (κ2) is 8.72. The van der Waals surface area contributed by atoms with Gasteiger partial charge in [0.1, 0.15) is 9.84 Å². The number of nitrogens with one attached hydrogen (secondary N) is 2. The van der Waals surface area contributed by atoms with Crippen LogP contribution in [0.15, 0.2) is 4.99 Å². The molecule has 0 aromatic carbocycles. The summed E-state index contributed by atoms with van der Waals surface area (Å²) >= 11 is 0. The Morgan fingerprint density at radius 3 is 2.59 bits per heavy atom. The minimum absolute atomic E-state index is 0.0690. The Balaban J connectivity index is 2.30. The van der Waals surface area contributed by atoms with Gasteiger partial charge in [-0.3, -0.25) is 4.99 Å². The van der Waals surface area contributed by atoms with Gasteiger partial charge in [0.15, 0.2) is 5.96 Å². The fraction of sp³-hybridized carbons (Fsp3) is 0.933. The van der Waals surface area contributed by atoms with E-state index in [0.717, 1.165) is 32.1 Å². The second-order valence-electron chi connectivity index (χ2n) is 6.34. The maximum Gasteiger partial charge on any atom is 0.191 e. The number of guanidine groups is 1. The molecule has 1 atom stereocenters. The predicted octanol–water partition coefficient (Wildman–Crippen LogP) is 1.18. The van der Waals surface area contributed by atoms with Gasteiger partial charge in [0, 0.05) is 39.1 Å². The van der Waals surface area contributed by atoms with Gasteiger partial charge in [-0.25, -0.2) is 8.42 Å². The molecule has 1 rings (SSSR count). The van der Waals surface area contributed by atoms with E-state index in [9.17, 15) is 8.42 Å². The smallest absolute Gasteiger partial charge is 0.191 e. The summed E-state index contributed by atoms with van der Waals surface area (Å²) in [4.78, 5) is 4.21. The lowest BCUT2D eigenvalue weighted by molar-refractivity contribution is 0.128. The molecule has 0 saturated heterocycles. The third-order valence-corrected chi connectivity index (χ3v) is 5.07. The van der Waals surface area contributed by atoms with Crippen molar-refractivity contribution >= 4 is 15.8 Å². The van der Waals surface area contributed by atoms with Crippen LogP contribution in [0.5, 0.6) is 0 Å². The summed E-state index contributed by atoms with van der Waals surface area (Å²) in [5.41, 5.74) is 0.350. The molecule has 7 heteroatoms. The van der Waals surface area contributed by atoms with E-state index >= 15 is 0 Å². The quantitative estimate of drug-likeness (QED) is 0.356. The summed E-state index contributed by atoms with van der Waals surface area (Å²) in [6, 6.07) is 0.0690. The molecule has 1 aliphatic carbocycles. The van der Waals surface area contributed by atoms with Crippen LogP contribution in [-0.2, 0) is 14.6 Å². The van der Waals surface area contributed by atoms with E-state index < -0.39 is 9.84 Å². The van der Waals surface area contributed by atoms with Crippen molar-refractivity contribution in [3.05, 3.63) is 0 Å². The molecule has 0 aromatic heterocycles. The van der Waals surface area contributed by atoms with E-state index in [1.54, 1.807) is 7.05 Å². The Morgan fingerprint density at radius 1 is 1.41 bits per heavy atom. The van der Waals surface area contributed by atoms with Crippen LogP contribution in [0.2, 0.25) is 0 Å². The zero-order chi connectivity index (χ0) is 16.6. The molecular weight excluding hydrogens is 302 g/mol. The third kappa shape index (κ3) is 7.98. The van der Waals surface area contributed by atoms with Crippen molar-refractivity contribution in [1.82, 2.24) is 10.6 Å². The van der Waals surface area contributed by atoms with E-state index in [1.807, 2.05) is 13.8 Å². The maximum atomic E-state index is 11.2. The van der Waals surface area contributed by atoms with Crippen LogP contribution in [-0.4, -0.2) is 59.2 Å². The summed E-state index contributed by atoms with van der Waals surface area (Å²) in [6.45, 7) is 6.46. The Morgan fingerprint density at radius 2 is 2.09 bits per heavy atom. The van der Waals surface area contributed by atoms with Gasteiger partial charge in [-0.2, -0.15) is 0 Å². The zero-order valence-electron chi connectivity index (χ0n) is 14.3. The molecule has 1 saturated carbocycles. The number of hydrogen-bond donors (Lipinski definition) is 2. The van der Waals surface area contributed by atoms with Crippen molar-refractivity contribution in [2.24, 2.45) is 10.4 Å².